The molecule has 0 unspecified atom stereocenters. The summed E-state index contributed by atoms with van der Waals surface area (Å²) in [5.74, 6) is -0.820. The van der Waals surface area contributed by atoms with E-state index in [0.29, 0.717) is 18.8 Å². The third kappa shape index (κ3) is 15.7. The number of halogens is 1. The Hall–Kier alpha value is -1.07. The maximum atomic E-state index is 11.3. The van der Waals surface area contributed by atoms with Crippen molar-refractivity contribution < 1.29 is 14.6 Å². The van der Waals surface area contributed by atoms with Crippen LogP contribution in [0.5, 0.6) is 0 Å². The lowest BCUT2D eigenvalue weighted by molar-refractivity contribution is -0.133. The Morgan fingerprint density at radius 3 is 2.06 bits per heavy atom. The van der Waals surface area contributed by atoms with Crippen molar-refractivity contribution in [1.29, 1.82) is 0 Å². The van der Waals surface area contributed by atoms with E-state index < -0.39 is 5.97 Å². The van der Waals surface area contributed by atoms with Gasteiger partial charge < -0.3 is 14.7 Å². The summed E-state index contributed by atoms with van der Waals surface area (Å²) in [5, 5.41) is 9.32. The van der Waals surface area contributed by atoms with E-state index in [-0.39, 0.29) is 17.0 Å². The van der Waals surface area contributed by atoms with Gasteiger partial charge in [0.25, 0.3) is 0 Å². The molecule has 1 rings (SSSR count). The summed E-state index contributed by atoms with van der Waals surface area (Å²) in [6.07, 6.45) is 27.7. The maximum Gasteiger partial charge on any atom is 0.333 e. The Morgan fingerprint density at radius 1 is 0.938 bits per heavy atom. The third-order valence-electron chi connectivity index (χ3n) is 5.93. The molecule has 0 saturated carbocycles. The molecule has 0 bridgehead atoms. The zero-order valence-corrected chi connectivity index (χ0v) is 22.4. The van der Waals surface area contributed by atoms with Gasteiger partial charge in [-0.2, -0.15) is 0 Å². The number of allylic oxidation sites excluding steroid dienone is 4. The number of unbranched alkanes of at least 4 members (excludes halogenated alkanes) is 12. The van der Waals surface area contributed by atoms with E-state index >= 15 is 0 Å². The predicted molar refractivity (Wildman–Crippen MR) is 141 cm³/mol. The lowest BCUT2D eigenvalue weighted by atomic mass is 10.0. The molecule has 0 amide bonds. The standard InChI is InChI=1S/C27H47NO3.BrH/c1-3-5-6-7-8-9-10-11-12-13-14-15-16-17-18-19-22-31-24-28-21-20-25(4-2)26(23-28)27(29)30;/h11-12,20-21H,3-10,13-19,22-24H2,1-2H3,(H,29,30);1H/b12-11-;. The van der Waals surface area contributed by atoms with Crippen LogP contribution in [0.25, 0.3) is 0 Å². The van der Waals surface area contributed by atoms with Crippen molar-refractivity contribution in [3.63, 3.8) is 0 Å². The number of hydrogen-bond donors (Lipinski definition) is 1. The van der Waals surface area contributed by atoms with E-state index in [9.17, 15) is 9.90 Å². The number of carboxylic acids is 1. The minimum atomic E-state index is -0.820. The summed E-state index contributed by atoms with van der Waals surface area (Å²) in [5.41, 5.74) is 1.41. The van der Waals surface area contributed by atoms with Gasteiger partial charge in [-0.15, -0.1) is 17.0 Å². The number of ether oxygens (including phenoxy) is 1. The van der Waals surface area contributed by atoms with Crippen LogP contribution >= 0.6 is 17.0 Å². The van der Waals surface area contributed by atoms with Crippen molar-refractivity contribution in [1.82, 2.24) is 4.90 Å². The molecule has 32 heavy (non-hydrogen) atoms. The third-order valence-corrected chi connectivity index (χ3v) is 5.93. The van der Waals surface area contributed by atoms with Crippen LogP contribution in [0.1, 0.15) is 110 Å². The molecule has 186 valence electrons. The molecule has 0 aromatic rings. The molecule has 0 spiro atoms. The monoisotopic (exact) mass is 513 g/mol. The van der Waals surface area contributed by atoms with E-state index in [4.69, 9.17) is 4.74 Å². The summed E-state index contributed by atoms with van der Waals surface area (Å²) < 4.78 is 5.74. The molecule has 5 heteroatoms. The first kappa shape index (κ1) is 30.9. The van der Waals surface area contributed by atoms with Crippen LogP contribution in [0.3, 0.4) is 0 Å². The highest BCUT2D eigenvalue weighted by molar-refractivity contribution is 8.93. The molecule has 0 aliphatic carbocycles. The molecule has 1 aliphatic heterocycles. The Kier molecular flexibility index (Phi) is 21.0. The van der Waals surface area contributed by atoms with Crippen LogP contribution in [0.4, 0.5) is 0 Å². The quantitative estimate of drug-likeness (QED) is 0.131. The van der Waals surface area contributed by atoms with Crippen LogP contribution in [0, 0.1) is 0 Å². The Balaban J connectivity index is 0.00000961. The summed E-state index contributed by atoms with van der Waals surface area (Å²) in [7, 11) is 0. The van der Waals surface area contributed by atoms with Crippen molar-refractivity contribution in [3.8, 4) is 0 Å². The fraction of sp³-hybridized carbons (Fsp3) is 0.741. The SMILES string of the molecule is Br.CCCCCCCC/C=C\CCCCCCCCOCN1C=CC(CC)=C(C(=O)O)C1. The maximum absolute atomic E-state index is 11.3. The normalized spacial score (nSPS) is 13.8. The molecule has 1 aliphatic rings. The fourth-order valence-electron chi connectivity index (χ4n) is 3.91. The minimum Gasteiger partial charge on any atom is -0.478 e. The fourth-order valence-corrected chi connectivity index (χ4v) is 3.91. The van der Waals surface area contributed by atoms with Gasteiger partial charge in [0.05, 0.1) is 12.1 Å². The first-order chi connectivity index (χ1) is 15.2. The van der Waals surface area contributed by atoms with E-state index in [1.807, 2.05) is 24.1 Å². The van der Waals surface area contributed by atoms with Gasteiger partial charge in [-0.25, -0.2) is 4.79 Å². The zero-order valence-electron chi connectivity index (χ0n) is 20.7. The molecule has 0 aromatic heterocycles. The number of aliphatic carboxylic acids is 1. The smallest absolute Gasteiger partial charge is 0.333 e. The molecule has 0 saturated heterocycles. The van der Waals surface area contributed by atoms with Gasteiger partial charge in [-0.1, -0.05) is 83.8 Å². The highest BCUT2D eigenvalue weighted by Crippen LogP contribution is 2.18. The average Bonchev–Trinajstić information content (AvgIpc) is 2.78. The van der Waals surface area contributed by atoms with Crippen LogP contribution < -0.4 is 0 Å². The highest BCUT2D eigenvalue weighted by atomic mass is 79.9. The van der Waals surface area contributed by atoms with Crippen LogP contribution in [0.15, 0.2) is 35.6 Å². The molecule has 0 radical (unpaired) electrons. The number of carboxylic acid groups (broad SMARTS) is 1. The molecule has 1 N–H and O–H groups in total. The summed E-state index contributed by atoms with van der Waals surface area (Å²) >= 11 is 0. The van der Waals surface area contributed by atoms with Crippen molar-refractivity contribution in [2.24, 2.45) is 0 Å². The van der Waals surface area contributed by atoms with Crippen molar-refractivity contribution >= 4 is 23.0 Å². The molecule has 0 fully saturated rings. The lowest BCUT2D eigenvalue weighted by Gasteiger charge is -2.25. The number of hydrogen-bond acceptors (Lipinski definition) is 3. The number of rotatable bonds is 20. The average molecular weight is 515 g/mol. The van der Waals surface area contributed by atoms with Gasteiger partial charge in [0.2, 0.25) is 0 Å². The van der Waals surface area contributed by atoms with Gasteiger partial charge in [0, 0.05) is 12.8 Å². The Morgan fingerprint density at radius 2 is 1.50 bits per heavy atom. The van der Waals surface area contributed by atoms with E-state index in [1.165, 1.54) is 83.5 Å². The van der Waals surface area contributed by atoms with E-state index in [1.54, 1.807) is 0 Å². The molecular weight excluding hydrogens is 466 g/mol. The highest BCUT2D eigenvalue weighted by Gasteiger charge is 2.18. The predicted octanol–water partition coefficient (Wildman–Crippen LogP) is 8.20. The van der Waals surface area contributed by atoms with Crippen LogP contribution in [-0.2, 0) is 9.53 Å². The first-order valence-electron chi connectivity index (χ1n) is 12.8. The largest absolute Gasteiger partial charge is 0.478 e. The zero-order chi connectivity index (χ0) is 22.6. The van der Waals surface area contributed by atoms with Gasteiger partial charge in [-0.3, -0.25) is 0 Å². The molecule has 4 nitrogen and oxygen atoms in total. The van der Waals surface area contributed by atoms with Gasteiger partial charge >= 0.3 is 5.97 Å². The van der Waals surface area contributed by atoms with Gasteiger partial charge in [-0.05, 0) is 50.2 Å². The molecule has 0 aromatic carbocycles. The topological polar surface area (TPSA) is 49.8 Å². The molecule has 1 heterocycles. The minimum absolute atomic E-state index is 0. The number of nitrogens with zero attached hydrogens (tertiary/aromatic N) is 1. The second-order valence-corrected chi connectivity index (χ2v) is 8.70. The lowest BCUT2D eigenvalue weighted by Crippen LogP contribution is -2.29. The van der Waals surface area contributed by atoms with E-state index in [2.05, 4.69) is 19.1 Å². The van der Waals surface area contributed by atoms with Gasteiger partial charge in [0.1, 0.15) is 6.73 Å². The second kappa shape index (κ2) is 21.8. The first-order valence-corrected chi connectivity index (χ1v) is 12.8. The van der Waals surface area contributed by atoms with Gasteiger partial charge in [0.15, 0.2) is 0 Å². The summed E-state index contributed by atoms with van der Waals surface area (Å²) in [4.78, 5) is 13.3. The van der Waals surface area contributed by atoms with Crippen molar-refractivity contribution in [2.45, 2.75) is 110 Å². The van der Waals surface area contributed by atoms with Crippen molar-refractivity contribution in [2.75, 3.05) is 19.9 Å². The van der Waals surface area contributed by atoms with Crippen molar-refractivity contribution in [3.05, 3.63) is 35.6 Å². The Bertz CT molecular complexity index is 557. The second-order valence-electron chi connectivity index (χ2n) is 8.70. The Labute approximate surface area is 207 Å². The number of carbonyl (C=O) groups is 1. The molecular formula is C27H48BrNO3. The summed E-state index contributed by atoms with van der Waals surface area (Å²) in [6.45, 7) is 5.91. The van der Waals surface area contributed by atoms with Crippen LogP contribution in [0.2, 0.25) is 0 Å². The van der Waals surface area contributed by atoms with Crippen LogP contribution in [-0.4, -0.2) is 35.9 Å². The summed E-state index contributed by atoms with van der Waals surface area (Å²) in [6, 6.07) is 0. The molecule has 0 atom stereocenters. The van der Waals surface area contributed by atoms with E-state index in [0.717, 1.165) is 25.0 Å².